The minimum atomic E-state index is -5.47. The average Bonchev–Trinajstić information content (AvgIpc) is 2.84. The van der Waals surface area contributed by atoms with Crippen LogP contribution in [-0.4, -0.2) is 102 Å². The summed E-state index contributed by atoms with van der Waals surface area (Å²) in [7, 11) is -10.9. The molecule has 29 heteroatoms. The van der Waals surface area contributed by atoms with Gasteiger partial charge in [0, 0.05) is 13.2 Å². The molecular weight excluding hydrogens is 724 g/mol. The minimum Gasteiger partial charge on any atom is -0.726 e. The molecule has 2 rings (SSSR count). The second-order valence-electron chi connectivity index (χ2n) is 7.00. The predicted octanol–water partition coefficient (Wildman–Crippen LogP) is -15.4. The van der Waals surface area contributed by atoms with Crippen LogP contribution in [0.15, 0.2) is 0 Å². The molecule has 0 aromatic rings. The Bertz CT molecular complexity index is 924. The van der Waals surface area contributed by atoms with E-state index in [9.17, 15) is 36.5 Å². The number of rotatable bonds is 18. The number of hydrogen-bond donors (Lipinski definition) is 0. The van der Waals surface area contributed by atoms with Gasteiger partial charge in [0.05, 0.1) is 13.2 Å². The van der Waals surface area contributed by atoms with Crippen molar-refractivity contribution in [2.45, 2.75) is 63.1 Å². The second kappa shape index (κ2) is 26.7. The molecule has 2 aliphatic rings. The van der Waals surface area contributed by atoms with Gasteiger partial charge in [-0.2, -0.15) is 0 Å². The fraction of sp³-hybridized carbons (Fsp3) is 1.00. The fourth-order valence-corrected chi connectivity index (χ4v) is 5.12. The van der Waals surface area contributed by atoms with E-state index < -0.39 is 76.6 Å². The molecule has 2 aliphatic heterocycles. The van der Waals surface area contributed by atoms with E-state index in [0.717, 1.165) is 0 Å². The molecule has 0 N–H and O–H groups in total. The largest absolute Gasteiger partial charge is 1.00 e. The third kappa shape index (κ3) is 19.2. The fourth-order valence-electron chi connectivity index (χ4n) is 3.41. The van der Waals surface area contributed by atoms with Crippen LogP contribution in [0, 0.1) is 0 Å². The van der Waals surface area contributed by atoms with Crippen LogP contribution in [0.3, 0.4) is 0 Å². The Morgan fingerprint density at radius 1 is 0.674 bits per heavy atom. The third-order valence-electron chi connectivity index (χ3n) is 4.66. The number of hydrogen-bond acceptors (Lipinski definition) is 23. The maximum atomic E-state index is 11.5. The molecule has 2 heterocycles. The summed E-state index contributed by atoms with van der Waals surface area (Å²) in [5.41, 5.74) is 0. The maximum absolute atomic E-state index is 11.5. The minimum absolute atomic E-state index is 0. The van der Waals surface area contributed by atoms with Crippen LogP contribution < -0.4 is 129 Å². The second-order valence-corrected chi connectivity index (χ2v) is 9.94. The van der Waals surface area contributed by atoms with Crippen molar-refractivity contribution >= 4 is 45.4 Å². The van der Waals surface area contributed by atoms with Crippen molar-refractivity contribution in [3.8, 4) is 0 Å². The molecule has 8 atom stereocenters. The van der Waals surface area contributed by atoms with Gasteiger partial charge < -0.3 is 43.3 Å². The summed E-state index contributed by atoms with van der Waals surface area (Å²) in [4.78, 5) is 0. The van der Waals surface area contributed by atoms with Gasteiger partial charge in [-0.25, -0.2) is 16.8 Å². The van der Waals surface area contributed by atoms with Crippen molar-refractivity contribution in [2.24, 2.45) is 0 Å². The molecule has 0 spiro atoms. The van der Waals surface area contributed by atoms with Crippen molar-refractivity contribution < 1.29 is 214 Å². The Morgan fingerprint density at radius 3 is 1.53 bits per heavy atom. The van der Waals surface area contributed by atoms with Gasteiger partial charge >= 0.3 is 118 Å². The Hall–Kier alpha value is 3.92. The summed E-state index contributed by atoms with van der Waals surface area (Å²) in [6.45, 7) is 2.17. The average molecular weight is 747 g/mol. The molecule has 0 aromatic carbocycles. The smallest absolute Gasteiger partial charge is 0.726 e. The van der Waals surface area contributed by atoms with Crippen LogP contribution in [0.25, 0.3) is 0 Å². The molecule has 0 radical (unpaired) electrons. The first kappa shape index (κ1) is 51.3. The maximum Gasteiger partial charge on any atom is 1.00 e. The molecule has 0 aliphatic carbocycles. The van der Waals surface area contributed by atoms with Gasteiger partial charge in [0.15, 0.2) is 49.4 Å². The van der Waals surface area contributed by atoms with E-state index >= 15 is 0 Å². The Morgan fingerprint density at radius 2 is 1.09 bits per heavy atom. The zero-order valence-electron chi connectivity index (χ0n) is 23.7. The number of ether oxygens (including phenoxy) is 5. The van der Waals surface area contributed by atoms with Crippen molar-refractivity contribution in [2.75, 3.05) is 26.4 Å². The van der Waals surface area contributed by atoms with Gasteiger partial charge in [-0.3, -0.25) is 26.8 Å². The quantitative estimate of drug-likeness (QED) is 0.0239. The summed E-state index contributed by atoms with van der Waals surface area (Å²) in [5.74, 6) is 0. The van der Waals surface area contributed by atoms with E-state index in [1.54, 1.807) is 6.92 Å². The zero-order chi connectivity index (χ0) is 29.1. The van der Waals surface area contributed by atoms with E-state index in [0.29, 0.717) is 0 Å². The predicted molar refractivity (Wildman–Crippen MR) is 110 cm³/mol. The van der Waals surface area contributed by atoms with Crippen LogP contribution in [0.5, 0.6) is 0 Å². The summed E-state index contributed by atoms with van der Waals surface area (Å²) in [6.07, 6.45) is -13.1. The van der Waals surface area contributed by atoms with Gasteiger partial charge in [0.2, 0.25) is 20.8 Å². The third-order valence-corrected chi connectivity index (χ3v) is 6.40. The van der Waals surface area contributed by atoms with Crippen LogP contribution in [0.2, 0.25) is 0 Å². The summed E-state index contributed by atoms with van der Waals surface area (Å²) < 4.78 is 123. The Balaban J connectivity index is -0.00000400. The molecular formula is C14H22Na4O21S4. The van der Waals surface area contributed by atoms with Crippen molar-refractivity contribution in [1.29, 1.82) is 0 Å². The molecule has 0 amide bonds. The molecule has 232 valence electrons. The summed E-state index contributed by atoms with van der Waals surface area (Å²) in [6, 6.07) is 0. The van der Waals surface area contributed by atoms with E-state index in [1.165, 1.54) is 6.92 Å². The van der Waals surface area contributed by atoms with Gasteiger partial charge in [0.25, 0.3) is 0 Å². The van der Waals surface area contributed by atoms with Crippen LogP contribution in [-0.2, 0) is 80.0 Å². The van der Waals surface area contributed by atoms with Gasteiger partial charge in [-0.05, 0) is 13.8 Å². The van der Waals surface area contributed by atoms with E-state index in [2.05, 4.69) is 27.1 Å². The monoisotopic (exact) mass is 746 g/mol. The standard InChI is InChI=1S/C14H26O21S4.4Na/c1-3-23-7-5-26-14(12(31-39(20,21)22)9(7)28-36-34-32-15)27-8-6-25-13(24-4-2)11(30-38(17,18)19)10(8)29-37-35-33-16;;;;/h7-16H,3-6H2,1-2H3,(H,17,18,19)(H,20,21,22);;;;/q;4*+1/p-4. The van der Waals surface area contributed by atoms with Crippen molar-refractivity contribution in [3.63, 3.8) is 0 Å². The molecule has 0 aromatic heterocycles. The SMILES string of the molecule is CCOC1COC(OC2COC(OCC)C(OS(=O)(=O)[O-])C2OSOO[O-])C(OS(=O)(=O)[O-])C1OSOO[O-].[Na+].[Na+].[Na+].[Na+]. The molecule has 0 saturated carbocycles. The molecule has 8 unspecified atom stereocenters. The Labute approximate surface area is 344 Å². The van der Waals surface area contributed by atoms with Gasteiger partial charge in [-0.1, -0.05) is 0 Å². The van der Waals surface area contributed by atoms with Crippen molar-refractivity contribution in [1.82, 2.24) is 0 Å². The van der Waals surface area contributed by atoms with E-state index in [-0.39, 0.29) is 163 Å². The van der Waals surface area contributed by atoms with E-state index in [1.807, 2.05) is 0 Å². The Kier molecular flexibility index (Phi) is 31.8. The summed E-state index contributed by atoms with van der Waals surface area (Å²) >= 11 is -0.181. The molecule has 43 heavy (non-hydrogen) atoms. The first-order valence-corrected chi connectivity index (χ1v) is 14.4. The normalized spacial score (nSPS) is 29.3. The molecule has 2 fully saturated rings. The van der Waals surface area contributed by atoms with Gasteiger partial charge in [-0.15, -0.1) is 8.67 Å². The first-order chi connectivity index (χ1) is 18.4. The van der Waals surface area contributed by atoms with E-state index in [4.69, 9.17) is 32.1 Å². The van der Waals surface area contributed by atoms with Gasteiger partial charge in [0.1, 0.15) is 24.4 Å². The molecule has 0 bridgehead atoms. The first-order valence-electron chi connectivity index (χ1n) is 10.4. The summed E-state index contributed by atoms with van der Waals surface area (Å²) in [5, 5.41) is 26.6. The molecule has 2 saturated heterocycles. The van der Waals surface area contributed by atoms with Crippen LogP contribution in [0.1, 0.15) is 13.8 Å². The van der Waals surface area contributed by atoms with Crippen LogP contribution in [0.4, 0.5) is 0 Å². The van der Waals surface area contributed by atoms with Crippen LogP contribution >= 0.6 is 24.6 Å². The molecule has 21 nitrogen and oxygen atoms in total. The zero-order valence-corrected chi connectivity index (χ0v) is 34.9. The van der Waals surface area contributed by atoms with Crippen molar-refractivity contribution in [3.05, 3.63) is 0 Å². The topological polar surface area (TPSA) is 281 Å².